The lowest BCUT2D eigenvalue weighted by Crippen LogP contribution is -2.02. The highest BCUT2D eigenvalue weighted by Gasteiger charge is 1.99. The fourth-order valence-corrected chi connectivity index (χ4v) is 0.488. The first-order chi connectivity index (χ1) is 4.68. The summed E-state index contributed by atoms with van der Waals surface area (Å²) < 4.78 is 0. The van der Waals surface area contributed by atoms with Gasteiger partial charge in [-0.05, 0) is 19.0 Å². The van der Waals surface area contributed by atoms with Crippen LogP contribution in [0.3, 0.4) is 0 Å². The molecule has 0 fully saturated rings. The highest BCUT2D eigenvalue weighted by atomic mass is 16.1. The van der Waals surface area contributed by atoms with Crippen LogP contribution < -0.4 is 5.73 Å². The number of carbonyl (C=O) groups excluding carboxylic acids is 1. The van der Waals surface area contributed by atoms with E-state index in [2.05, 4.69) is 0 Å². The van der Waals surface area contributed by atoms with Gasteiger partial charge in [0.05, 0.1) is 0 Å². The summed E-state index contributed by atoms with van der Waals surface area (Å²) in [4.78, 5) is 10.9. The monoisotopic (exact) mass is 141 g/mol. The van der Waals surface area contributed by atoms with Crippen molar-refractivity contribution in [1.29, 1.82) is 0 Å². The Morgan fingerprint density at radius 1 is 1.60 bits per heavy atom. The summed E-state index contributed by atoms with van der Waals surface area (Å²) in [5, 5.41) is 0. The Labute approximate surface area is 62.1 Å². The number of hydrogen-bond donors (Lipinski definition) is 1. The molecule has 2 heteroatoms. The van der Waals surface area contributed by atoms with Crippen LogP contribution in [-0.2, 0) is 4.79 Å². The molecule has 0 rings (SSSR count). The molecule has 0 spiro atoms. The van der Waals surface area contributed by atoms with Crippen molar-refractivity contribution in [1.82, 2.24) is 0 Å². The molecule has 2 N–H and O–H groups in total. The molecule has 10 heavy (non-hydrogen) atoms. The highest BCUT2D eigenvalue weighted by molar-refractivity contribution is 5.91. The lowest BCUT2D eigenvalue weighted by molar-refractivity contribution is -0.117. The van der Waals surface area contributed by atoms with E-state index in [4.69, 9.17) is 5.73 Å². The minimum atomic E-state index is 0.106. The third kappa shape index (κ3) is 4.27. The Morgan fingerprint density at radius 2 is 2.20 bits per heavy atom. The summed E-state index contributed by atoms with van der Waals surface area (Å²) >= 11 is 0. The molecule has 0 radical (unpaired) electrons. The molecule has 0 aliphatic carbocycles. The molecular weight excluding hydrogens is 126 g/mol. The molecule has 0 aliphatic heterocycles. The highest BCUT2D eigenvalue weighted by Crippen LogP contribution is 1.95. The molecule has 0 heterocycles. The second-order valence-electron chi connectivity index (χ2n) is 2.54. The molecular formula is C8H15NO. The van der Waals surface area contributed by atoms with Crippen molar-refractivity contribution >= 4 is 5.78 Å². The van der Waals surface area contributed by atoms with Gasteiger partial charge in [-0.25, -0.2) is 0 Å². The molecule has 0 aromatic rings. The maximum Gasteiger partial charge on any atom is 0.157 e. The van der Waals surface area contributed by atoms with Gasteiger partial charge in [0.2, 0.25) is 0 Å². The second-order valence-corrected chi connectivity index (χ2v) is 2.54. The molecule has 0 unspecified atom stereocenters. The Balaban J connectivity index is 3.56. The molecule has 0 bridgehead atoms. The van der Waals surface area contributed by atoms with E-state index in [1.54, 1.807) is 6.08 Å². The fourth-order valence-electron chi connectivity index (χ4n) is 0.488. The Bertz CT molecular complexity index is 127. The first-order valence-corrected chi connectivity index (χ1v) is 3.59. The quantitative estimate of drug-likeness (QED) is 0.596. The zero-order valence-electron chi connectivity index (χ0n) is 6.63. The molecule has 0 amide bonds. The number of allylic oxidation sites excluding steroid dienone is 1. The average Bonchev–Trinajstić information content (AvgIpc) is 1.88. The van der Waals surface area contributed by atoms with Gasteiger partial charge in [-0.1, -0.05) is 19.9 Å². The standard InChI is InChI=1S/C8H15NO/c1-7(2)8(10)5-3-4-6-9/h3,5,7H,4,6,9H2,1-2H3/b5-3+. The third-order valence-electron chi connectivity index (χ3n) is 1.18. The molecule has 0 aliphatic rings. The Morgan fingerprint density at radius 3 is 2.60 bits per heavy atom. The van der Waals surface area contributed by atoms with Gasteiger partial charge in [0.25, 0.3) is 0 Å². The van der Waals surface area contributed by atoms with E-state index in [0.29, 0.717) is 6.54 Å². The van der Waals surface area contributed by atoms with Crippen LogP contribution in [-0.4, -0.2) is 12.3 Å². The zero-order valence-corrected chi connectivity index (χ0v) is 6.63. The molecule has 0 atom stereocenters. The van der Waals surface area contributed by atoms with Crippen LogP contribution in [0.25, 0.3) is 0 Å². The predicted octanol–water partition coefficient (Wildman–Crippen LogP) is 1.12. The van der Waals surface area contributed by atoms with Gasteiger partial charge in [0.1, 0.15) is 0 Å². The smallest absolute Gasteiger partial charge is 0.157 e. The lowest BCUT2D eigenvalue weighted by Gasteiger charge is -1.95. The van der Waals surface area contributed by atoms with Crippen LogP contribution in [0.5, 0.6) is 0 Å². The molecule has 0 saturated heterocycles. The number of carbonyl (C=O) groups is 1. The largest absolute Gasteiger partial charge is 0.330 e. The Kier molecular flexibility index (Phi) is 4.85. The van der Waals surface area contributed by atoms with Crippen molar-refractivity contribution in [2.24, 2.45) is 11.7 Å². The second kappa shape index (κ2) is 5.18. The van der Waals surface area contributed by atoms with Gasteiger partial charge in [-0.15, -0.1) is 0 Å². The van der Waals surface area contributed by atoms with E-state index in [9.17, 15) is 4.79 Å². The van der Waals surface area contributed by atoms with Crippen molar-refractivity contribution in [2.45, 2.75) is 20.3 Å². The lowest BCUT2D eigenvalue weighted by atomic mass is 10.1. The van der Waals surface area contributed by atoms with Crippen LogP contribution in [0.2, 0.25) is 0 Å². The van der Waals surface area contributed by atoms with Crippen LogP contribution in [0.4, 0.5) is 0 Å². The molecule has 58 valence electrons. The molecule has 0 aromatic carbocycles. The fraction of sp³-hybridized carbons (Fsp3) is 0.625. The minimum absolute atomic E-state index is 0.106. The van der Waals surface area contributed by atoms with E-state index < -0.39 is 0 Å². The molecule has 0 aromatic heterocycles. The average molecular weight is 141 g/mol. The van der Waals surface area contributed by atoms with Crippen molar-refractivity contribution < 1.29 is 4.79 Å². The van der Waals surface area contributed by atoms with Gasteiger partial charge in [0.15, 0.2) is 5.78 Å². The summed E-state index contributed by atoms with van der Waals surface area (Å²) in [5.74, 6) is 0.280. The molecule has 0 saturated carbocycles. The summed E-state index contributed by atoms with van der Waals surface area (Å²) in [6, 6.07) is 0. The maximum atomic E-state index is 10.9. The van der Waals surface area contributed by atoms with Crippen molar-refractivity contribution in [3.8, 4) is 0 Å². The summed E-state index contributed by atoms with van der Waals surface area (Å²) in [5.41, 5.74) is 5.23. The summed E-state index contributed by atoms with van der Waals surface area (Å²) in [6.45, 7) is 4.38. The van der Waals surface area contributed by atoms with Crippen LogP contribution in [0.1, 0.15) is 20.3 Å². The SMILES string of the molecule is CC(C)C(=O)/C=C/CCN. The third-order valence-corrected chi connectivity index (χ3v) is 1.18. The number of nitrogens with two attached hydrogens (primary N) is 1. The number of hydrogen-bond acceptors (Lipinski definition) is 2. The zero-order chi connectivity index (χ0) is 7.98. The van der Waals surface area contributed by atoms with Gasteiger partial charge >= 0.3 is 0 Å². The van der Waals surface area contributed by atoms with Crippen molar-refractivity contribution in [2.75, 3.05) is 6.54 Å². The summed E-state index contributed by atoms with van der Waals surface area (Å²) in [7, 11) is 0. The maximum absolute atomic E-state index is 10.9. The van der Waals surface area contributed by atoms with E-state index >= 15 is 0 Å². The van der Waals surface area contributed by atoms with Crippen molar-refractivity contribution in [3.63, 3.8) is 0 Å². The minimum Gasteiger partial charge on any atom is -0.330 e. The summed E-state index contributed by atoms with van der Waals surface area (Å²) in [6.07, 6.45) is 4.22. The predicted molar refractivity (Wildman–Crippen MR) is 42.7 cm³/mol. The van der Waals surface area contributed by atoms with Crippen LogP contribution in [0, 0.1) is 5.92 Å². The topological polar surface area (TPSA) is 43.1 Å². The molecule has 2 nitrogen and oxygen atoms in total. The van der Waals surface area contributed by atoms with E-state index in [1.807, 2.05) is 19.9 Å². The van der Waals surface area contributed by atoms with Gasteiger partial charge in [0, 0.05) is 5.92 Å². The van der Waals surface area contributed by atoms with Crippen LogP contribution in [0.15, 0.2) is 12.2 Å². The Hall–Kier alpha value is -0.630. The van der Waals surface area contributed by atoms with E-state index in [0.717, 1.165) is 6.42 Å². The van der Waals surface area contributed by atoms with Crippen LogP contribution >= 0.6 is 0 Å². The first kappa shape index (κ1) is 9.37. The van der Waals surface area contributed by atoms with E-state index in [-0.39, 0.29) is 11.7 Å². The van der Waals surface area contributed by atoms with Crippen molar-refractivity contribution in [3.05, 3.63) is 12.2 Å². The first-order valence-electron chi connectivity index (χ1n) is 3.59. The van der Waals surface area contributed by atoms with E-state index in [1.165, 1.54) is 0 Å². The number of rotatable bonds is 4. The van der Waals surface area contributed by atoms with Gasteiger partial charge in [-0.3, -0.25) is 4.79 Å². The van der Waals surface area contributed by atoms with Gasteiger partial charge < -0.3 is 5.73 Å². The van der Waals surface area contributed by atoms with Gasteiger partial charge in [-0.2, -0.15) is 0 Å². The number of ketones is 1. The normalized spacial score (nSPS) is 11.2.